The number of hydrogen-bond donors (Lipinski definition) is 1. The summed E-state index contributed by atoms with van der Waals surface area (Å²) in [6.07, 6.45) is 0. The molecule has 0 atom stereocenters. The standard InChI is InChI=1S/C22H17Cl2NO4/c1-28-17-6-2-4-14(10-17)22(27)25-16-5-3-7-18(12-16)29-13-21(26)19-9-8-15(23)11-20(19)24/h2-12H,13H2,1H3,(H,25,27). The lowest BCUT2D eigenvalue weighted by molar-refractivity contribution is 0.0921. The molecule has 0 heterocycles. The molecule has 0 aliphatic rings. The summed E-state index contributed by atoms with van der Waals surface area (Å²) in [4.78, 5) is 24.7. The number of carbonyl (C=O) groups is 2. The number of Topliss-reactive ketones (excluding diaryl/α,β-unsaturated/α-hetero) is 1. The van der Waals surface area contributed by atoms with Crippen LogP contribution in [0.4, 0.5) is 5.69 Å². The van der Waals surface area contributed by atoms with Crippen LogP contribution >= 0.6 is 23.2 Å². The minimum atomic E-state index is -0.287. The number of halogens is 2. The molecule has 0 aliphatic heterocycles. The molecule has 1 N–H and O–H groups in total. The molecule has 0 spiro atoms. The summed E-state index contributed by atoms with van der Waals surface area (Å²) in [7, 11) is 1.54. The zero-order valence-corrected chi connectivity index (χ0v) is 17.0. The van der Waals surface area contributed by atoms with Crippen LogP contribution in [0.3, 0.4) is 0 Å². The maximum Gasteiger partial charge on any atom is 0.255 e. The Labute approximate surface area is 178 Å². The predicted octanol–water partition coefficient (Wildman–Crippen LogP) is 5.52. The molecule has 0 unspecified atom stereocenters. The van der Waals surface area contributed by atoms with Gasteiger partial charge in [0.25, 0.3) is 5.91 Å². The Hall–Kier alpha value is -3.02. The predicted molar refractivity (Wildman–Crippen MR) is 114 cm³/mol. The molecule has 1 amide bonds. The van der Waals surface area contributed by atoms with E-state index in [0.717, 1.165) is 0 Å². The van der Waals surface area contributed by atoms with Crippen molar-refractivity contribution in [2.45, 2.75) is 0 Å². The summed E-state index contributed by atoms with van der Waals surface area (Å²) in [5.41, 5.74) is 1.33. The van der Waals surface area contributed by atoms with Crippen LogP contribution in [0.15, 0.2) is 66.7 Å². The Morgan fingerprint density at radius 2 is 1.69 bits per heavy atom. The minimum absolute atomic E-state index is 0.200. The smallest absolute Gasteiger partial charge is 0.255 e. The van der Waals surface area contributed by atoms with Gasteiger partial charge in [0.2, 0.25) is 5.78 Å². The Balaban J connectivity index is 1.64. The zero-order chi connectivity index (χ0) is 20.8. The average Bonchev–Trinajstić information content (AvgIpc) is 2.72. The van der Waals surface area contributed by atoms with Crippen LogP contribution in [0.2, 0.25) is 10.0 Å². The number of anilines is 1. The number of nitrogens with one attached hydrogen (secondary N) is 1. The highest BCUT2D eigenvalue weighted by Crippen LogP contribution is 2.23. The lowest BCUT2D eigenvalue weighted by Gasteiger charge is -2.10. The molecule has 3 rings (SSSR count). The fourth-order valence-electron chi connectivity index (χ4n) is 2.57. The summed E-state index contributed by atoms with van der Waals surface area (Å²) in [6, 6.07) is 18.3. The molecule has 5 nitrogen and oxygen atoms in total. The van der Waals surface area contributed by atoms with E-state index < -0.39 is 0 Å². The van der Waals surface area contributed by atoms with E-state index in [1.165, 1.54) is 13.2 Å². The van der Waals surface area contributed by atoms with Crippen molar-refractivity contribution in [3.05, 3.63) is 87.9 Å². The maximum absolute atomic E-state index is 12.4. The van der Waals surface area contributed by atoms with Gasteiger partial charge in [-0.3, -0.25) is 9.59 Å². The van der Waals surface area contributed by atoms with Crippen LogP contribution in [0.1, 0.15) is 20.7 Å². The van der Waals surface area contributed by atoms with E-state index in [9.17, 15) is 9.59 Å². The van der Waals surface area contributed by atoms with Gasteiger partial charge in [-0.15, -0.1) is 0 Å². The molecule has 0 aromatic heterocycles. The third-order valence-electron chi connectivity index (χ3n) is 4.03. The second kappa shape index (κ2) is 9.45. The van der Waals surface area contributed by atoms with Crippen molar-refractivity contribution in [1.82, 2.24) is 0 Å². The van der Waals surface area contributed by atoms with E-state index in [1.54, 1.807) is 60.7 Å². The molecule has 29 heavy (non-hydrogen) atoms. The zero-order valence-electron chi connectivity index (χ0n) is 15.4. The van der Waals surface area contributed by atoms with Crippen LogP contribution in [0.5, 0.6) is 11.5 Å². The Morgan fingerprint density at radius 3 is 2.45 bits per heavy atom. The maximum atomic E-state index is 12.4. The van der Waals surface area contributed by atoms with Crippen LogP contribution in [-0.4, -0.2) is 25.4 Å². The number of amides is 1. The molecule has 0 saturated heterocycles. The van der Waals surface area contributed by atoms with Gasteiger partial charge in [-0.25, -0.2) is 0 Å². The van der Waals surface area contributed by atoms with Gasteiger partial charge in [-0.2, -0.15) is 0 Å². The number of benzene rings is 3. The normalized spacial score (nSPS) is 10.3. The molecule has 7 heteroatoms. The first kappa shape index (κ1) is 20.7. The van der Waals surface area contributed by atoms with Crippen LogP contribution < -0.4 is 14.8 Å². The number of ether oxygens (including phenoxy) is 2. The van der Waals surface area contributed by atoms with Gasteiger partial charge >= 0.3 is 0 Å². The first-order chi connectivity index (χ1) is 14.0. The van der Waals surface area contributed by atoms with Gasteiger partial charge in [0.1, 0.15) is 11.5 Å². The third kappa shape index (κ3) is 5.50. The number of rotatable bonds is 7. The van der Waals surface area contributed by atoms with Gasteiger partial charge in [-0.1, -0.05) is 35.3 Å². The van der Waals surface area contributed by atoms with Crippen molar-refractivity contribution >= 4 is 40.6 Å². The molecular formula is C22H17Cl2NO4. The van der Waals surface area contributed by atoms with E-state index in [4.69, 9.17) is 32.7 Å². The van der Waals surface area contributed by atoms with E-state index in [-0.39, 0.29) is 23.3 Å². The summed E-state index contributed by atoms with van der Waals surface area (Å²) in [6.45, 7) is -0.200. The Kier molecular flexibility index (Phi) is 6.75. The average molecular weight is 430 g/mol. The van der Waals surface area contributed by atoms with Gasteiger partial charge in [-0.05, 0) is 48.5 Å². The molecule has 148 valence electrons. The van der Waals surface area contributed by atoms with Crippen molar-refractivity contribution in [2.75, 3.05) is 19.0 Å². The highest BCUT2D eigenvalue weighted by molar-refractivity contribution is 6.36. The second-order valence-corrected chi connectivity index (χ2v) is 6.89. The largest absolute Gasteiger partial charge is 0.497 e. The minimum Gasteiger partial charge on any atom is -0.497 e. The monoisotopic (exact) mass is 429 g/mol. The lowest BCUT2D eigenvalue weighted by atomic mass is 10.1. The highest BCUT2D eigenvalue weighted by Gasteiger charge is 2.12. The van der Waals surface area contributed by atoms with E-state index in [1.807, 2.05) is 0 Å². The first-order valence-corrected chi connectivity index (χ1v) is 9.38. The number of methoxy groups -OCH3 is 1. The molecule has 3 aromatic rings. The first-order valence-electron chi connectivity index (χ1n) is 8.63. The lowest BCUT2D eigenvalue weighted by Crippen LogP contribution is -2.13. The molecule has 0 radical (unpaired) electrons. The van der Waals surface area contributed by atoms with E-state index in [2.05, 4.69) is 5.32 Å². The topological polar surface area (TPSA) is 64.6 Å². The van der Waals surface area contributed by atoms with Crippen molar-refractivity contribution in [1.29, 1.82) is 0 Å². The van der Waals surface area contributed by atoms with Crippen LogP contribution in [-0.2, 0) is 0 Å². The Bertz CT molecular complexity index is 1050. The third-order valence-corrected chi connectivity index (χ3v) is 4.57. The summed E-state index contributed by atoms with van der Waals surface area (Å²) < 4.78 is 10.7. The molecule has 0 aliphatic carbocycles. The van der Waals surface area contributed by atoms with Crippen molar-refractivity contribution in [3.8, 4) is 11.5 Å². The molecular weight excluding hydrogens is 413 g/mol. The molecule has 3 aromatic carbocycles. The van der Waals surface area contributed by atoms with E-state index in [0.29, 0.717) is 33.3 Å². The van der Waals surface area contributed by atoms with Gasteiger partial charge in [0.05, 0.1) is 12.1 Å². The highest BCUT2D eigenvalue weighted by atomic mass is 35.5. The number of hydrogen-bond acceptors (Lipinski definition) is 4. The fraction of sp³-hybridized carbons (Fsp3) is 0.0909. The van der Waals surface area contributed by atoms with Crippen molar-refractivity contribution in [3.63, 3.8) is 0 Å². The Morgan fingerprint density at radius 1 is 0.931 bits per heavy atom. The second-order valence-electron chi connectivity index (χ2n) is 6.05. The van der Waals surface area contributed by atoms with E-state index >= 15 is 0 Å². The number of carbonyl (C=O) groups excluding carboxylic acids is 2. The van der Waals surface area contributed by atoms with Gasteiger partial charge in [0, 0.05) is 27.9 Å². The van der Waals surface area contributed by atoms with Crippen molar-refractivity contribution in [2.24, 2.45) is 0 Å². The van der Waals surface area contributed by atoms with Gasteiger partial charge < -0.3 is 14.8 Å². The van der Waals surface area contributed by atoms with Crippen LogP contribution in [0.25, 0.3) is 0 Å². The summed E-state index contributed by atoms with van der Waals surface area (Å²) in [5.74, 6) is 0.462. The fourth-order valence-corrected chi connectivity index (χ4v) is 3.09. The number of ketones is 1. The summed E-state index contributed by atoms with van der Waals surface area (Å²) >= 11 is 11.9. The van der Waals surface area contributed by atoms with Crippen LogP contribution in [0, 0.1) is 0 Å². The molecule has 0 fully saturated rings. The van der Waals surface area contributed by atoms with Gasteiger partial charge in [0.15, 0.2) is 6.61 Å². The summed E-state index contributed by atoms with van der Waals surface area (Å²) in [5, 5.41) is 3.51. The van der Waals surface area contributed by atoms with Crippen molar-refractivity contribution < 1.29 is 19.1 Å². The molecule has 0 bridgehead atoms. The quantitative estimate of drug-likeness (QED) is 0.502. The SMILES string of the molecule is COc1cccc(C(=O)Nc2cccc(OCC(=O)c3ccc(Cl)cc3Cl)c2)c1. The molecule has 0 saturated carbocycles.